The molecule has 2 fully saturated rings. The van der Waals surface area contributed by atoms with Gasteiger partial charge < -0.3 is 18.8 Å². The molecule has 2 unspecified atom stereocenters. The minimum atomic E-state index is -0.674. The number of likely N-dealkylation sites (tertiary alicyclic amines) is 1. The maximum Gasteiger partial charge on any atom is 0.336 e. The van der Waals surface area contributed by atoms with Crippen LogP contribution in [0.15, 0.2) is 33.5 Å². The van der Waals surface area contributed by atoms with Gasteiger partial charge in [0.2, 0.25) is 0 Å². The van der Waals surface area contributed by atoms with Crippen LogP contribution in [0.5, 0.6) is 5.75 Å². The van der Waals surface area contributed by atoms with Crippen molar-refractivity contribution in [1.82, 2.24) is 4.90 Å². The third-order valence-corrected chi connectivity index (χ3v) is 5.82. The molecule has 7 heteroatoms. The second-order valence-electron chi connectivity index (χ2n) is 7.48. The van der Waals surface area contributed by atoms with Crippen LogP contribution in [-0.4, -0.2) is 43.1 Å². The summed E-state index contributed by atoms with van der Waals surface area (Å²) in [7, 11) is 1.39. The van der Waals surface area contributed by atoms with Gasteiger partial charge in [-0.05, 0) is 42.9 Å². The van der Waals surface area contributed by atoms with E-state index in [1.165, 1.54) is 13.2 Å². The fraction of sp³-hybridized carbons (Fsp3) is 0.476. The first-order valence-corrected chi connectivity index (χ1v) is 9.53. The third kappa shape index (κ3) is 3.15. The molecule has 0 radical (unpaired) electrons. The van der Waals surface area contributed by atoms with E-state index in [9.17, 15) is 14.4 Å². The van der Waals surface area contributed by atoms with E-state index < -0.39 is 11.7 Å². The number of hydrogen-bond donors (Lipinski definition) is 0. The van der Waals surface area contributed by atoms with Crippen LogP contribution in [0.3, 0.4) is 0 Å². The van der Waals surface area contributed by atoms with E-state index in [4.69, 9.17) is 13.9 Å². The molecule has 7 nitrogen and oxygen atoms in total. The first-order chi connectivity index (χ1) is 13.4. The second kappa shape index (κ2) is 6.96. The Balaban J connectivity index is 1.43. The molecule has 2 aromatic rings. The number of piperidine rings is 1. The lowest BCUT2D eigenvalue weighted by Crippen LogP contribution is -2.41. The van der Waals surface area contributed by atoms with Crippen molar-refractivity contribution in [2.24, 2.45) is 17.8 Å². The van der Waals surface area contributed by atoms with Gasteiger partial charge in [-0.25, -0.2) is 4.79 Å². The molecular weight excluding hydrogens is 362 g/mol. The highest BCUT2D eigenvalue weighted by molar-refractivity contribution is 5.84. The summed E-state index contributed by atoms with van der Waals surface area (Å²) >= 11 is 0. The molecule has 1 saturated carbocycles. The first-order valence-electron chi connectivity index (χ1n) is 9.53. The normalized spacial score (nSPS) is 24.0. The zero-order chi connectivity index (χ0) is 20.0. The van der Waals surface area contributed by atoms with Gasteiger partial charge in [-0.2, -0.15) is 0 Å². The monoisotopic (exact) mass is 385 g/mol. The molecule has 28 heavy (non-hydrogen) atoms. The molecule has 0 bridgehead atoms. The Bertz CT molecular complexity index is 984. The largest absolute Gasteiger partial charge is 0.481 e. The summed E-state index contributed by atoms with van der Waals surface area (Å²) in [6.07, 6.45) is 0.0498. The minimum absolute atomic E-state index is 0.0681. The molecule has 1 aliphatic carbocycles. The number of carbonyl (C=O) groups excluding carboxylic acids is 2. The van der Waals surface area contributed by atoms with Crippen molar-refractivity contribution in [1.29, 1.82) is 0 Å². The molecule has 0 N–H and O–H groups in total. The van der Waals surface area contributed by atoms with E-state index in [2.05, 4.69) is 0 Å². The van der Waals surface area contributed by atoms with Gasteiger partial charge in [0.25, 0.3) is 5.91 Å². The van der Waals surface area contributed by atoms with E-state index in [1.54, 1.807) is 24.0 Å². The lowest BCUT2D eigenvalue weighted by atomic mass is 10.1. The molecule has 2 aliphatic rings. The number of fused-ring (bicyclic) bond motifs is 2. The van der Waals surface area contributed by atoms with Crippen molar-refractivity contribution < 1.29 is 23.5 Å². The summed E-state index contributed by atoms with van der Waals surface area (Å²) in [6, 6.07) is 6.76. The maximum atomic E-state index is 12.7. The third-order valence-electron chi connectivity index (χ3n) is 5.82. The number of hydrogen-bond acceptors (Lipinski definition) is 6. The Morgan fingerprint density at radius 1 is 1.25 bits per heavy atom. The van der Waals surface area contributed by atoms with Crippen LogP contribution in [-0.2, 0) is 20.7 Å². The summed E-state index contributed by atoms with van der Waals surface area (Å²) in [6.45, 7) is 4.80. The average Bonchev–Trinajstić information content (AvgIpc) is 3.18. The van der Waals surface area contributed by atoms with E-state index >= 15 is 0 Å². The summed E-state index contributed by atoms with van der Waals surface area (Å²) in [5, 5.41) is 0.863. The number of carbonyl (C=O) groups is 2. The van der Waals surface area contributed by atoms with Gasteiger partial charge >= 0.3 is 11.6 Å². The Hall–Kier alpha value is -2.83. The van der Waals surface area contributed by atoms with Crippen LogP contribution in [0.1, 0.15) is 19.4 Å². The molecule has 1 amide bonds. The fourth-order valence-corrected chi connectivity index (χ4v) is 4.28. The smallest absolute Gasteiger partial charge is 0.336 e. The number of esters is 1. The molecule has 2 heterocycles. The molecule has 4 rings (SSSR count). The summed E-state index contributed by atoms with van der Waals surface area (Å²) in [5.74, 6) is 0.509. The first kappa shape index (κ1) is 18.5. The quantitative estimate of drug-likeness (QED) is 0.578. The Morgan fingerprint density at radius 3 is 2.61 bits per heavy atom. The zero-order valence-electron chi connectivity index (χ0n) is 16.1. The molecule has 0 spiro atoms. The molecule has 1 aromatic carbocycles. The Kier molecular flexibility index (Phi) is 4.61. The van der Waals surface area contributed by atoms with Gasteiger partial charge in [-0.3, -0.25) is 9.59 Å². The zero-order valence-corrected chi connectivity index (χ0v) is 16.1. The standard InChI is InChI=1S/C21H23NO6/c1-4-12-7-18(23)28-17-8-13(5-6-14(12)17)27-11(2)20(24)22-9-15-16(10-22)19(15)21(25)26-3/h5-8,11,15-16,19H,4,9-10H2,1-3H3/t11?,15-,16+,19?. The van der Waals surface area contributed by atoms with Crippen LogP contribution in [0.25, 0.3) is 11.0 Å². The van der Waals surface area contributed by atoms with Crippen LogP contribution in [0, 0.1) is 17.8 Å². The van der Waals surface area contributed by atoms with E-state index in [0.717, 1.165) is 17.4 Å². The Labute approximate surface area is 162 Å². The van der Waals surface area contributed by atoms with Gasteiger partial charge in [-0.15, -0.1) is 0 Å². The summed E-state index contributed by atoms with van der Waals surface area (Å²) in [4.78, 5) is 37.8. The SMILES string of the molecule is CCc1cc(=O)oc2cc(OC(C)C(=O)N3C[C@@H]4C(C(=O)OC)[C@@H]4C3)ccc12. The van der Waals surface area contributed by atoms with Crippen molar-refractivity contribution >= 4 is 22.8 Å². The predicted octanol–water partition coefficient (Wildman–Crippen LogP) is 2.00. The number of ether oxygens (including phenoxy) is 2. The highest BCUT2D eigenvalue weighted by Crippen LogP contribution is 2.52. The Morgan fingerprint density at radius 2 is 1.96 bits per heavy atom. The number of methoxy groups -OCH3 is 1. The molecule has 1 aromatic heterocycles. The molecule has 148 valence electrons. The lowest BCUT2D eigenvalue weighted by Gasteiger charge is -2.23. The van der Waals surface area contributed by atoms with Gasteiger partial charge in [0.1, 0.15) is 11.3 Å². The minimum Gasteiger partial charge on any atom is -0.481 e. The van der Waals surface area contributed by atoms with Gasteiger partial charge in [0, 0.05) is 30.6 Å². The summed E-state index contributed by atoms with van der Waals surface area (Å²) < 4.78 is 15.9. The molecule has 4 atom stereocenters. The average molecular weight is 385 g/mol. The number of amides is 1. The van der Waals surface area contributed by atoms with Gasteiger partial charge in [0.15, 0.2) is 6.10 Å². The predicted molar refractivity (Wildman–Crippen MR) is 101 cm³/mol. The maximum absolute atomic E-state index is 12.7. The van der Waals surface area contributed by atoms with Gasteiger partial charge in [-0.1, -0.05) is 6.92 Å². The van der Waals surface area contributed by atoms with E-state index in [-0.39, 0.29) is 29.6 Å². The van der Waals surface area contributed by atoms with Crippen LogP contribution >= 0.6 is 0 Å². The number of aryl methyl sites for hydroxylation is 1. The fourth-order valence-electron chi connectivity index (χ4n) is 4.28. The lowest BCUT2D eigenvalue weighted by molar-refractivity contribution is -0.145. The van der Waals surface area contributed by atoms with Crippen molar-refractivity contribution in [3.05, 3.63) is 40.2 Å². The number of benzene rings is 1. The molecule has 1 saturated heterocycles. The van der Waals surface area contributed by atoms with Crippen molar-refractivity contribution in [3.8, 4) is 5.75 Å². The van der Waals surface area contributed by atoms with Crippen molar-refractivity contribution in [2.75, 3.05) is 20.2 Å². The van der Waals surface area contributed by atoms with Gasteiger partial charge in [0.05, 0.1) is 13.0 Å². The van der Waals surface area contributed by atoms with E-state index in [0.29, 0.717) is 24.4 Å². The second-order valence-corrected chi connectivity index (χ2v) is 7.48. The number of nitrogens with zero attached hydrogens (tertiary/aromatic N) is 1. The van der Waals surface area contributed by atoms with Crippen LogP contribution in [0.4, 0.5) is 0 Å². The van der Waals surface area contributed by atoms with Crippen molar-refractivity contribution in [3.63, 3.8) is 0 Å². The van der Waals surface area contributed by atoms with Crippen LogP contribution < -0.4 is 10.4 Å². The highest BCUT2D eigenvalue weighted by atomic mass is 16.5. The van der Waals surface area contributed by atoms with E-state index in [1.807, 2.05) is 13.0 Å². The number of rotatable bonds is 5. The van der Waals surface area contributed by atoms with Crippen LogP contribution in [0.2, 0.25) is 0 Å². The topological polar surface area (TPSA) is 86.0 Å². The van der Waals surface area contributed by atoms with Crippen molar-refractivity contribution in [2.45, 2.75) is 26.4 Å². The molecule has 1 aliphatic heterocycles. The summed E-state index contributed by atoms with van der Waals surface area (Å²) in [5.41, 5.74) is 0.963. The molecular formula is C21H23NO6. The highest BCUT2D eigenvalue weighted by Gasteiger charge is 2.61.